The van der Waals surface area contributed by atoms with E-state index in [2.05, 4.69) is 16.0 Å². The SMILES string of the molecule is CS(=O)(=O)N1CC[C@]2(CCCN(Cc3ccccn3)C2)C1. The number of rotatable bonds is 3. The van der Waals surface area contributed by atoms with Gasteiger partial charge in [0.1, 0.15) is 0 Å². The monoisotopic (exact) mass is 309 g/mol. The quantitative estimate of drug-likeness (QED) is 0.845. The maximum Gasteiger partial charge on any atom is 0.211 e. The van der Waals surface area contributed by atoms with Crippen molar-refractivity contribution in [1.29, 1.82) is 0 Å². The average Bonchev–Trinajstić information content (AvgIpc) is 2.84. The second-order valence-electron chi connectivity index (χ2n) is 6.48. The fourth-order valence-electron chi connectivity index (χ4n) is 3.68. The fourth-order valence-corrected chi connectivity index (χ4v) is 4.61. The standard InChI is InChI=1S/C15H23N3O2S/c1-21(19,20)18-10-7-15(13-18)6-4-9-17(12-15)11-14-5-2-3-8-16-14/h2-3,5,8H,4,6-7,9-13H2,1H3/t15-/m0/s1. The Hall–Kier alpha value is -0.980. The first-order valence-corrected chi connectivity index (χ1v) is 9.39. The second-order valence-corrected chi connectivity index (χ2v) is 8.46. The molecule has 3 rings (SSSR count). The first-order chi connectivity index (χ1) is 9.97. The van der Waals surface area contributed by atoms with Gasteiger partial charge in [0.2, 0.25) is 10.0 Å². The molecule has 0 radical (unpaired) electrons. The molecule has 6 heteroatoms. The second kappa shape index (κ2) is 5.66. The van der Waals surface area contributed by atoms with Crippen LogP contribution in [0.4, 0.5) is 0 Å². The molecule has 2 aliphatic heterocycles. The topological polar surface area (TPSA) is 53.5 Å². The summed E-state index contributed by atoms with van der Waals surface area (Å²) in [6.07, 6.45) is 6.41. The van der Waals surface area contributed by atoms with E-state index >= 15 is 0 Å². The molecule has 5 nitrogen and oxygen atoms in total. The summed E-state index contributed by atoms with van der Waals surface area (Å²) in [5.74, 6) is 0. The molecule has 0 amide bonds. The molecule has 3 heterocycles. The normalized spacial score (nSPS) is 28.2. The largest absolute Gasteiger partial charge is 0.297 e. The van der Waals surface area contributed by atoms with E-state index in [9.17, 15) is 8.42 Å². The minimum absolute atomic E-state index is 0.149. The molecule has 0 unspecified atom stereocenters. The van der Waals surface area contributed by atoms with Crippen LogP contribution in [0.25, 0.3) is 0 Å². The predicted molar refractivity (Wildman–Crippen MR) is 82.2 cm³/mol. The van der Waals surface area contributed by atoms with Crippen molar-refractivity contribution in [3.05, 3.63) is 30.1 Å². The number of hydrogen-bond acceptors (Lipinski definition) is 4. The van der Waals surface area contributed by atoms with E-state index in [1.165, 1.54) is 6.26 Å². The maximum atomic E-state index is 11.7. The highest BCUT2D eigenvalue weighted by Crippen LogP contribution is 2.40. The minimum atomic E-state index is -3.05. The lowest BCUT2D eigenvalue weighted by molar-refractivity contribution is 0.0925. The molecule has 0 aromatic carbocycles. The van der Waals surface area contributed by atoms with Crippen molar-refractivity contribution in [3.8, 4) is 0 Å². The zero-order valence-corrected chi connectivity index (χ0v) is 13.3. The third-order valence-electron chi connectivity index (χ3n) is 4.72. The van der Waals surface area contributed by atoms with Crippen molar-refractivity contribution in [1.82, 2.24) is 14.2 Å². The molecule has 2 aliphatic rings. The Morgan fingerprint density at radius 2 is 2.10 bits per heavy atom. The summed E-state index contributed by atoms with van der Waals surface area (Å²) >= 11 is 0. The van der Waals surface area contributed by atoms with Crippen molar-refractivity contribution < 1.29 is 8.42 Å². The average molecular weight is 309 g/mol. The van der Waals surface area contributed by atoms with E-state index in [0.29, 0.717) is 13.1 Å². The van der Waals surface area contributed by atoms with Crippen molar-refractivity contribution in [2.75, 3.05) is 32.4 Å². The maximum absolute atomic E-state index is 11.7. The summed E-state index contributed by atoms with van der Waals surface area (Å²) in [5, 5.41) is 0. The van der Waals surface area contributed by atoms with Crippen LogP contribution in [-0.2, 0) is 16.6 Å². The van der Waals surface area contributed by atoms with Gasteiger partial charge in [0.15, 0.2) is 0 Å². The molecular weight excluding hydrogens is 286 g/mol. The van der Waals surface area contributed by atoms with E-state index < -0.39 is 10.0 Å². The van der Waals surface area contributed by atoms with Crippen LogP contribution in [0.1, 0.15) is 25.0 Å². The fraction of sp³-hybridized carbons (Fsp3) is 0.667. The Morgan fingerprint density at radius 3 is 2.76 bits per heavy atom. The van der Waals surface area contributed by atoms with Gasteiger partial charge < -0.3 is 0 Å². The Kier molecular flexibility index (Phi) is 4.03. The molecule has 21 heavy (non-hydrogen) atoms. The Morgan fingerprint density at radius 1 is 1.24 bits per heavy atom. The number of sulfonamides is 1. The Labute approximate surface area is 127 Å². The first-order valence-electron chi connectivity index (χ1n) is 7.54. The zero-order chi connectivity index (χ0) is 14.9. The van der Waals surface area contributed by atoms with Gasteiger partial charge in [0.05, 0.1) is 11.9 Å². The number of hydrogen-bond donors (Lipinski definition) is 0. The van der Waals surface area contributed by atoms with Crippen LogP contribution >= 0.6 is 0 Å². The van der Waals surface area contributed by atoms with Gasteiger partial charge in [-0.3, -0.25) is 9.88 Å². The number of nitrogens with zero attached hydrogens (tertiary/aromatic N) is 3. The molecule has 1 aromatic rings. The molecule has 116 valence electrons. The van der Waals surface area contributed by atoms with Gasteiger partial charge in [-0.2, -0.15) is 0 Å². The van der Waals surface area contributed by atoms with Crippen LogP contribution in [-0.4, -0.2) is 55.0 Å². The molecule has 1 atom stereocenters. The van der Waals surface area contributed by atoms with Gasteiger partial charge in [-0.15, -0.1) is 0 Å². The molecule has 0 aliphatic carbocycles. The lowest BCUT2D eigenvalue weighted by Gasteiger charge is -2.40. The van der Waals surface area contributed by atoms with Crippen molar-refractivity contribution >= 4 is 10.0 Å². The third kappa shape index (κ3) is 3.44. The number of likely N-dealkylation sites (tertiary alicyclic amines) is 1. The summed E-state index contributed by atoms with van der Waals surface area (Å²) in [6, 6.07) is 6.00. The van der Waals surface area contributed by atoms with Crippen LogP contribution in [0.2, 0.25) is 0 Å². The lowest BCUT2D eigenvalue weighted by atomic mass is 9.79. The molecule has 0 N–H and O–H groups in total. The van der Waals surface area contributed by atoms with E-state index in [1.54, 1.807) is 4.31 Å². The van der Waals surface area contributed by atoms with E-state index in [0.717, 1.165) is 44.6 Å². The van der Waals surface area contributed by atoms with Gasteiger partial charge in [0.25, 0.3) is 0 Å². The van der Waals surface area contributed by atoms with Crippen LogP contribution in [0.15, 0.2) is 24.4 Å². The molecule has 0 saturated carbocycles. The third-order valence-corrected chi connectivity index (χ3v) is 5.97. The summed E-state index contributed by atoms with van der Waals surface area (Å²) < 4.78 is 25.1. The van der Waals surface area contributed by atoms with Crippen molar-refractivity contribution in [2.24, 2.45) is 5.41 Å². The zero-order valence-electron chi connectivity index (χ0n) is 12.5. The van der Waals surface area contributed by atoms with Gasteiger partial charge in [0, 0.05) is 32.4 Å². The number of piperidine rings is 1. The minimum Gasteiger partial charge on any atom is -0.297 e. The molecule has 2 fully saturated rings. The van der Waals surface area contributed by atoms with E-state index in [4.69, 9.17) is 0 Å². The first kappa shape index (κ1) is 14.9. The molecule has 2 saturated heterocycles. The molecular formula is C15H23N3O2S. The summed E-state index contributed by atoms with van der Waals surface area (Å²) in [5.41, 5.74) is 1.24. The number of aromatic nitrogens is 1. The van der Waals surface area contributed by atoms with Gasteiger partial charge in [-0.1, -0.05) is 6.07 Å². The Bertz CT molecular complexity index is 590. The highest BCUT2D eigenvalue weighted by Gasteiger charge is 2.43. The smallest absolute Gasteiger partial charge is 0.211 e. The van der Waals surface area contributed by atoms with E-state index in [-0.39, 0.29) is 5.41 Å². The van der Waals surface area contributed by atoms with Gasteiger partial charge in [-0.05, 0) is 43.4 Å². The van der Waals surface area contributed by atoms with Crippen LogP contribution in [0.3, 0.4) is 0 Å². The van der Waals surface area contributed by atoms with Crippen LogP contribution < -0.4 is 0 Å². The van der Waals surface area contributed by atoms with Crippen molar-refractivity contribution in [2.45, 2.75) is 25.8 Å². The van der Waals surface area contributed by atoms with Crippen LogP contribution in [0.5, 0.6) is 0 Å². The number of pyridine rings is 1. The lowest BCUT2D eigenvalue weighted by Crippen LogP contribution is -2.44. The van der Waals surface area contributed by atoms with Gasteiger partial charge in [-0.25, -0.2) is 12.7 Å². The van der Waals surface area contributed by atoms with Gasteiger partial charge >= 0.3 is 0 Å². The Balaban J connectivity index is 1.66. The summed E-state index contributed by atoms with van der Waals surface area (Å²) in [7, 11) is -3.05. The highest BCUT2D eigenvalue weighted by molar-refractivity contribution is 7.88. The summed E-state index contributed by atoms with van der Waals surface area (Å²) in [4.78, 5) is 6.82. The highest BCUT2D eigenvalue weighted by atomic mass is 32.2. The predicted octanol–water partition coefficient (Wildman–Crippen LogP) is 1.33. The summed E-state index contributed by atoms with van der Waals surface area (Å²) in [6.45, 7) is 4.29. The van der Waals surface area contributed by atoms with Crippen molar-refractivity contribution in [3.63, 3.8) is 0 Å². The molecule has 0 bridgehead atoms. The van der Waals surface area contributed by atoms with E-state index in [1.807, 2.05) is 18.3 Å². The molecule has 1 aromatic heterocycles. The molecule has 1 spiro atoms. The van der Waals surface area contributed by atoms with Crippen LogP contribution in [0, 0.1) is 5.41 Å².